The molecule has 1 aliphatic rings. The van der Waals surface area contributed by atoms with E-state index in [1.807, 2.05) is 0 Å². The minimum Gasteiger partial charge on any atom is -0.272 e. The lowest BCUT2D eigenvalue weighted by molar-refractivity contribution is -0.177. The molecule has 1 fully saturated rings. The van der Waals surface area contributed by atoms with Crippen LogP contribution in [0, 0.1) is 5.92 Å². The van der Waals surface area contributed by atoms with Gasteiger partial charge in [0.1, 0.15) is 0 Å². The van der Waals surface area contributed by atoms with Crippen LogP contribution in [0.3, 0.4) is 0 Å². The fraction of sp³-hybridized carbons (Fsp3) is 0.900. The van der Waals surface area contributed by atoms with E-state index in [1.165, 1.54) is 0 Å². The van der Waals surface area contributed by atoms with Crippen LogP contribution in [-0.4, -0.2) is 37.5 Å². The van der Waals surface area contributed by atoms with Gasteiger partial charge in [0.25, 0.3) is 0 Å². The van der Waals surface area contributed by atoms with Crippen LogP contribution in [0.1, 0.15) is 6.42 Å². The van der Waals surface area contributed by atoms with Gasteiger partial charge in [-0.15, -0.1) is 0 Å². The summed E-state index contributed by atoms with van der Waals surface area (Å²) in [5.74, 6) is 0.263. The van der Waals surface area contributed by atoms with Crippen LogP contribution < -0.4 is 0 Å². The molecule has 0 saturated carbocycles. The summed E-state index contributed by atoms with van der Waals surface area (Å²) >= 11 is 3.35. The van der Waals surface area contributed by atoms with Gasteiger partial charge >= 0.3 is 0 Å². The van der Waals surface area contributed by atoms with Crippen molar-refractivity contribution in [3.8, 4) is 0 Å². The number of hydroxylamine groups is 2. The van der Waals surface area contributed by atoms with Gasteiger partial charge in [0.2, 0.25) is 5.91 Å². The molecule has 5 heteroatoms. The van der Waals surface area contributed by atoms with Crippen LogP contribution in [-0.2, 0) is 9.63 Å². The number of rotatable bonds is 5. The maximum absolute atomic E-state index is 11.7. The molecule has 0 radical (unpaired) electrons. The number of nitrogens with zero attached hydrogens (tertiary/aromatic N) is 1. The Labute approximate surface area is 101 Å². The van der Waals surface area contributed by atoms with Gasteiger partial charge in [0, 0.05) is 19.9 Å². The summed E-state index contributed by atoms with van der Waals surface area (Å²) in [5.41, 5.74) is 0. The zero-order chi connectivity index (χ0) is 11.5. The number of hydrogen-bond acceptors (Lipinski definition) is 2. The normalized spacial score (nSPS) is 22.5. The van der Waals surface area contributed by atoms with E-state index in [4.69, 9.17) is 4.84 Å². The lowest BCUT2D eigenvalue weighted by atomic mass is 10.1. The topological polar surface area (TPSA) is 29.5 Å². The van der Waals surface area contributed by atoms with Crippen molar-refractivity contribution in [3.05, 3.63) is 0 Å². The van der Waals surface area contributed by atoms with Gasteiger partial charge in [0.15, 0.2) is 0 Å². The molecule has 1 saturated heterocycles. The molecule has 0 aliphatic carbocycles. The predicted octanol–water partition coefficient (Wildman–Crippen LogP) is 2.50. The highest BCUT2D eigenvalue weighted by Crippen LogP contribution is 2.20. The Balaban J connectivity index is 2.26. The fourth-order valence-electron chi connectivity index (χ4n) is 1.44. The van der Waals surface area contributed by atoms with E-state index in [-0.39, 0.29) is 11.8 Å². The molecule has 0 bridgehead atoms. The van der Waals surface area contributed by atoms with Gasteiger partial charge in [-0.25, -0.2) is 5.06 Å². The molecule has 0 aromatic rings. The van der Waals surface area contributed by atoms with Gasteiger partial charge in [0.05, 0.1) is 12.5 Å². The van der Waals surface area contributed by atoms with E-state index in [0.29, 0.717) is 6.61 Å². The van der Waals surface area contributed by atoms with Crippen LogP contribution in [0.4, 0.5) is 0 Å². The van der Waals surface area contributed by atoms with Gasteiger partial charge in [-0.1, -0.05) is 35.6 Å². The third-order valence-electron chi connectivity index (χ3n) is 2.56. The van der Waals surface area contributed by atoms with Gasteiger partial charge < -0.3 is 0 Å². The SMILES string of the molecule is C[Si](C)(C)CCON1CCC(CBr)C1=O. The van der Waals surface area contributed by atoms with E-state index in [9.17, 15) is 4.79 Å². The summed E-state index contributed by atoms with van der Waals surface area (Å²) in [7, 11) is -1.05. The van der Waals surface area contributed by atoms with E-state index < -0.39 is 8.07 Å². The second-order valence-electron chi connectivity index (χ2n) is 5.22. The average Bonchev–Trinajstić information content (AvgIpc) is 2.46. The minimum atomic E-state index is -1.05. The molecule has 1 heterocycles. The summed E-state index contributed by atoms with van der Waals surface area (Å²) in [5, 5.41) is 2.30. The quantitative estimate of drug-likeness (QED) is 0.576. The van der Waals surface area contributed by atoms with Crippen LogP contribution in [0.15, 0.2) is 0 Å². The number of hydrogen-bond donors (Lipinski definition) is 0. The van der Waals surface area contributed by atoms with Crippen molar-refractivity contribution in [2.75, 3.05) is 18.5 Å². The highest BCUT2D eigenvalue weighted by Gasteiger charge is 2.31. The van der Waals surface area contributed by atoms with Crippen molar-refractivity contribution >= 4 is 29.9 Å². The summed E-state index contributed by atoms with van der Waals surface area (Å²) in [4.78, 5) is 17.2. The van der Waals surface area contributed by atoms with Crippen LogP contribution >= 0.6 is 15.9 Å². The van der Waals surface area contributed by atoms with E-state index in [0.717, 1.165) is 24.3 Å². The Morgan fingerprint density at radius 3 is 2.67 bits per heavy atom. The lowest BCUT2D eigenvalue weighted by Crippen LogP contribution is -2.31. The molecule has 1 unspecified atom stereocenters. The van der Waals surface area contributed by atoms with Crippen LogP contribution in [0.25, 0.3) is 0 Å². The molecule has 0 N–H and O–H groups in total. The number of alkyl halides is 1. The third kappa shape index (κ3) is 4.24. The number of halogens is 1. The van der Waals surface area contributed by atoms with Crippen LogP contribution in [0.5, 0.6) is 0 Å². The molecular formula is C10H20BrNO2Si. The van der Waals surface area contributed by atoms with E-state index >= 15 is 0 Å². The number of amides is 1. The molecule has 0 aromatic heterocycles. The molecule has 1 rings (SSSR count). The maximum atomic E-state index is 11.7. The Morgan fingerprint density at radius 2 is 2.20 bits per heavy atom. The first-order valence-electron chi connectivity index (χ1n) is 5.44. The molecule has 88 valence electrons. The Hall–Kier alpha value is 0.127. The molecule has 0 aromatic carbocycles. The second-order valence-corrected chi connectivity index (χ2v) is 11.5. The predicted molar refractivity (Wildman–Crippen MR) is 67.7 cm³/mol. The molecule has 1 aliphatic heterocycles. The number of carbonyl (C=O) groups is 1. The van der Waals surface area contributed by atoms with Crippen molar-refractivity contribution in [2.24, 2.45) is 5.92 Å². The molecule has 1 amide bonds. The van der Waals surface area contributed by atoms with Crippen molar-refractivity contribution in [1.82, 2.24) is 5.06 Å². The van der Waals surface area contributed by atoms with Crippen LogP contribution in [0.2, 0.25) is 25.7 Å². The smallest absolute Gasteiger partial charge is 0.250 e. The summed E-state index contributed by atoms with van der Waals surface area (Å²) < 4.78 is 0. The largest absolute Gasteiger partial charge is 0.272 e. The van der Waals surface area contributed by atoms with Gasteiger partial charge in [-0.2, -0.15) is 0 Å². The molecule has 1 atom stereocenters. The Bertz CT molecular complexity index is 230. The monoisotopic (exact) mass is 293 g/mol. The van der Waals surface area contributed by atoms with Crippen molar-refractivity contribution < 1.29 is 9.63 Å². The molecule has 3 nitrogen and oxygen atoms in total. The fourth-order valence-corrected chi connectivity index (χ4v) is 2.75. The zero-order valence-corrected chi connectivity index (χ0v) is 12.3. The van der Waals surface area contributed by atoms with Crippen molar-refractivity contribution in [3.63, 3.8) is 0 Å². The Kier molecular flexibility index (Phi) is 4.80. The standard InChI is InChI=1S/C10H20BrNO2Si/c1-15(2,3)7-6-14-12-5-4-9(8-11)10(12)13/h9H,4-8H2,1-3H3. The van der Waals surface area contributed by atoms with Crippen molar-refractivity contribution in [1.29, 1.82) is 0 Å². The second kappa shape index (κ2) is 5.45. The van der Waals surface area contributed by atoms with Crippen molar-refractivity contribution in [2.45, 2.75) is 32.1 Å². The highest BCUT2D eigenvalue weighted by atomic mass is 79.9. The van der Waals surface area contributed by atoms with E-state index in [2.05, 4.69) is 35.6 Å². The zero-order valence-electron chi connectivity index (χ0n) is 9.75. The highest BCUT2D eigenvalue weighted by molar-refractivity contribution is 9.09. The minimum absolute atomic E-state index is 0.122. The maximum Gasteiger partial charge on any atom is 0.250 e. The average molecular weight is 294 g/mol. The third-order valence-corrected chi connectivity index (χ3v) is 5.05. The van der Waals surface area contributed by atoms with Gasteiger partial charge in [-0.3, -0.25) is 9.63 Å². The molecular weight excluding hydrogens is 274 g/mol. The van der Waals surface area contributed by atoms with Gasteiger partial charge in [-0.05, 0) is 12.5 Å². The summed E-state index contributed by atoms with van der Waals surface area (Å²) in [6.07, 6.45) is 0.914. The first kappa shape index (κ1) is 13.2. The molecule has 15 heavy (non-hydrogen) atoms. The van der Waals surface area contributed by atoms with E-state index in [1.54, 1.807) is 5.06 Å². The first-order valence-corrected chi connectivity index (χ1v) is 10.3. The summed E-state index contributed by atoms with van der Waals surface area (Å²) in [6.45, 7) is 8.37. The number of carbonyl (C=O) groups excluding carboxylic acids is 1. The molecule has 0 spiro atoms. The summed E-state index contributed by atoms with van der Waals surface area (Å²) in [6, 6.07) is 1.11. The first-order chi connectivity index (χ1) is 6.94. The Morgan fingerprint density at radius 1 is 1.53 bits per heavy atom. The lowest BCUT2D eigenvalue weighted by Gasteiger charge is -2.20.